The van der Waals surface area contributed by atoms with Crippen LogP contribution in [-0.4, -0.2) is 102 Å². The topological polar surface area (TPSA) is 67.4 Å². The Morgan fingerprint density at radius 3 is 2.09 bits per heavy atom. The first-order valence-electron chi connectivity index (χ1n) is 23.0. The Hall–Kier alpha value is -2.07. The molecular formula is C47H64F11NO6S2. The lowest BCUT2D eigenvalue weighted by atomic mass is 9.55. The third-order valence-electron chi connectivity index (χ3n) is 13.6. The molecule has 67 heavy (non-hydrogen) atoms. The van der Waals surface area contributed by atoms with E-state index in [4.69, 9.17) is 23.7 Å². The van der Waals surface area contributed by atoms with Crippen LogP contribution in [0.4, 0.5) is 48.3 Å². The molecule has 3 aliphatic carbocycles. The highest BCUT2D eigenvalue weighted by atomic mass is 33.1. The van der Waals surface area contributed by atoms with Crippen LogP contribution in [0.2, 0.25) is 0 Å². The van der Waals surface area contributed by atoms with E-state index in [-0.39, 0.29) is 53.7 Å². The maximum atomic E-state index is 15.1. The molecule has 382 valence electrons. The molecule has 2 aromatic carbocycles. The lowest BCUT2D eigenvalue weighted by Crippen LogP contribution is -2.67. The molecule has 5 atom stereocenters. The van der Waals surface area contributed by atoms with E-state index in [0.717, 1.165) is 93.4 Å². The second-order valence-corrected chi connectivity index (χ2v) is 20.7. The van der Waals surface area contributed by atoms with E-state index in [2.05, 4.69) is 17.0 Å². The fourth-order valence-electron chi connectivity index (χ4n) is 10.3. The number of halogens is 11. The number of hydrogen-bond donors (Lipinski definition) is 1. The Labute approximate surface area is 394 Å². The van der Waals surface area contributed by atoms with Gasteiger partial charge in [-0.05, 0) is 117 Å². The first-order chi connectivity index (χ1) is 31.8. The van der Waals surface area contributed by atoms with Gasteiger partial charge in [0.2, 0.25) is 0 Å². The molecule has 0 aliphatic heterocycles. The molecule has 7 nitrogen and oxygen atoms in total. The van der Waals surface area contributed by atoms with E-state index in [1.54, 1.807) is 41.9 Å². The molecule has 0 heterocycles. The molecule has 0 amide bonds. The quantitative estimate of drug-likeness (QED) is 0.0510. The van der Waals surface area contributed by atoms with Crippen molar-refractivity contribution in [1.29, 1.82) is 0 Å². The van der Waals surface area contributed by atoms with Crippen LogP contribution in [0, 0.1) is 34.8 Å². The number of benzene rings is 2. The molecule has 2 fully saturated rings. The summed E-state index contributed by atoms with van der Waals surface area (Å²) in [5.41, 5.74) is -4.48. The molecule has 2 saturated carbocycles. The summed E-state index contributed by atoms with van der Waals surface area (Å²) in [4.78, 5) is 0. The number of alkyl halides is 9. The molecule has 0 aromatic heterocycles. The first-order valence-corrected chi connectivity index (χ1v) is 25.5. The van der Waals surface area contributed by atoms with Crippen LogP contribution in [0.5, 0.6) is 11.5 Å². The van der Waals surface area contributed by atoms with E-state index >= 15 is 8.78 Å². The number of ether oxygens (including phenoxy) is 6. The molecule has 20 heteroatoms. The van der Waals surface area contributed by atoms with Gasteiger partial charge in [-0.25, -0.2) is 8.78 Å². The van der Waals surface area contributed by atoms with Gasteiger partial charge in [-0.2, -0.15) is 39.5 Å². The van der Waals surface area contributed by atoms with Crippen LogP contribution in [-0.2, 0) is 36.6 Å². The van der Waals surface area contributed by atoms with Crippen molar-refractivity contribution in [2.45, 2.75) is 127 Å². The molecule has 1 N–H and O–H groups in total. The van der Waals surface area contributed by atoms with E-state index in [0.29, 0.717) is 44.5 Å². The molecule has 5 unspecified atom stereocenters. The zero-order valence-corrected chi connectivity index (χ0v) is 39.9. The van der Waals surface area contributed by atoms with Crippen LogP contribution in [0.1, 0.15) is 100 Å². The van der Waals surface area contributed by atoms with Gasteiger partial charge in [0, 0.05) is 69.1 Å². The number of hydrogen-bond acceptors (Lipinski definition) is 9. The summed E-state index contributed by atoms with van der Waals surface area (Å²) >= 11 is 0. The normalized spacial score (nSPS) is 22.3. The fourth-order valence-corrected chi connectivity index (χ4v) is 12.3. The van der Waals surface area contributed by atoms with E-state index in [9.17, 15) is 39.5 Å². The second kappa shape index (κ2) is 25.4. The van der Waals surface area contributed by atoms with Crippen molar-refractivity contribution in [2.75, 3.05) is 71.9 Å². The lowest BCUT2D eigenvalue weighted by molar-refractivity contribution is -0.457. The van der Waals surface area contributed by atoms with Crippen molar-refractivity contribution in [3.8, 4) is 11.5 Å². The van der Waals surface area contributed by atoms with Gasteiger partial charge in [-0.3, -0.25) is 0 Å². The van der Waals surface area contributed by atoms with E-state index in [1.807, 2.05) is 12.1 Å². The summed E-state index contributed by atoms with van der Waals surface area (Å²) in [7, 11) is 6.92. The molecule has 0 saturated heterocycles. The third-order valence-corrected chi connectivity index (χ3v) is 16.0. The molecule has 2 aromatic rings. The van der Waals surface area contributed by atoms with Gasteiger partial charge in [-0.15, -0.1) is 0 Å². The first kappa shape index (κ1) is 55.9. The fraction of sp³-hybridized carbons (Fsp3) is 0.745. The molecule has 5 rings (SSSR count). The van der Waals surface area contributed by atoms with Crippen LogP contribution in [0.25, 0.3) is 0 Å². The van der Waals surface area contributed by atoms with Crippen molar-refractivity contribution in [2.24, 2.45) is 23.2 Å². The average Bonchev–Trinajstić information content (AvgIpc) is 3.58. The molecular weight excluding hydrogens is 948 g/mol. The van der Waals surface area contributed by atoms with Gasteiger partial charge in [0.15, 0.2) is 0 Å². The molecule has 0 radical (unpaired) electrons. The summed E-state index contributed by atoms with van der Waals surface area (Å²) < 4.78 is 181. The van der Waals surface area contributed by atoms with Gasteiger partial charge in [-0.1, -0.05) is 47.4 Å². The highest BCUT2D eigenvalue weighted by Gasteiger charge is 2.85. The van der Waals surface area contributed by atoms with Crippen molar-refractivity contribution in [3.63, 3.8) is 0 Å². The van der Waals surface area contributed by atoms with Crippen molar-refractivity contribution in [3.05, 3.63) is 58.7 Å². The third kappa shape index (κ3) is 14.3. The minimum Gasteiger partial charge on any atom is -0.457 e. The SMILES string of the molecule is COCC(CCCCCOCCSSCCCNCc1c(F)cc(Oc2ccc3c(c2)CCC2C3CCC3(C)C(OCCCOC(C(F)(F)F)(C(F)(F)F)C(F)(F)F)CCC23)cc1F)COC. The number of nitrogens with one attached hydrogen (secondary N) is 1. The zero-order valence-electron chi connectivity index (χ0n) is 38.3. The predicted octanol–water partition coefficient (Wildman–Crippen LogP) is 13.2. The van der Waals surface area contributed by atoms with Crippen LogP contribution >= 0.6 is 21.6 Å². The van der Waals surface area contributed by atoms with Gasteiger partial charge in [0.05, 0.1) is 32.5 Å². The van der Waals surface area contributed by atoms with Crippen LogP contribution in [0.15, 0.2) is 30.3 Å². The Morgan fingerprint density at radius 2 is 1.42 bits per heavy atom. The van der Waals surface area contributed by atoms with Gasteiger partial charge < -0.3 is 33.7 Å². The van der Waals surface area contributed by atoms with E-state index in [1.165, 1.54) is 12.1 Å². The smallest absolute Gasteiger partial charge is 0.435 e. The maximum Gasteiger partial charge on any atom is 0.435 e. The van der Waals surface area contributed by atoms with Gasteiger partial charge in [0.25, 0.3) is 0 Å². The van der Waals surface area contributed by atoms with Crippen molar-refractivity contribution >= 4 is 21.6 Å². The Balaban J connectivity index is 0.997. The summed E-state index contributed by atoms with van der Waals surface area (Å²) in [6.07, 6.45) is -11.7. The summed E-state index contributed by atoms with van der Waals surface area (Å²) in [5.74, 6) is 1.95. The highest BCUT2D eigenvalue weighted by molar-refractivity contribution is 8.76. The average molecular weight is 1010 g/mol. The van der Waals surface area contributed by atoms with Gasteiger partial charge in [0.1, 0.15) is 23.1 Å². The number of methoxy groups -OCH3 is 2. The summed E-state index contributed by atoms with van der Waals surface area (Å²) in [6.45, 7) is 3.75. The van der Waals surface area contributed by atoms with Crippen LogP contribution < -0.4 is 10.1 Å². The number of rotatable bonds is 28. The molecule has 3 aliphatic rings. The monoisotopic (exact) mass is 1010 g/mol. The van der Waals surface area contributed by atoms with E-state index < -0.39 is 48.8 Å². The zero-order chi connectivity index (χ0) is 48.9. The number of fused-ring (bicyclic) bond motifs is 5. The minimum absolute atomic E-state index is 0.0367. The summed E-state index contributed by atoms with van der Waals surface area (Å²) in [6, 6.07) is 8.03. The maximum absolute atomic E-state index is 15.1. The second-order valence-electron chi connectivity index (χ2n) is 18.0. The predicted molar refractivity (Wildman–Crippen MR) is 236 cm³/mol. The lowest BCUT2D eigenvalue weighted by Gasteiger charge is -2.50. The number of unbranched alkanes of at least 4 members (excludes halogenated alkanes) is 2. The standard InChI is InChI=1S/C47H64F11NO6S2/c1-43-17-16-36-35-13-11-33(25-32(35)10-12-37(36)39(43)14-15-42(43)63-20-8-21-64-44(45(50,51)52,46(53,54)55)47(56,57)58)65-34-26-40(48)38(41(49)27-34)28-59-18-7-23-66-67-24-22-62-19-6-4-5-9-31(29-60-2)30-61-3/h11,13,25-27,31,36-37,39,42,59H,4-10,12,14-24,28-30H2,1-3H3. The highest BCUT2D eigenvalue weighted by Crippen LogP contribution is 2.62. The molecule has 0 bridgehead atoms. The molecule has 0 spiro atoms. The minimum atomic E-state index is -6.77. The Bertz CT molecular complexity index is 1760. The Kier molecular flexibility index (Phi) is 21.1. The van der Waals surface area contributed by atoms with Gasteiger partial charge >= 0.3 is 24.1 Å². The largest absolute Gasteiger partial charge is 0.457 e. The van der Waals surface area contributed by atoms with Crippen LogP contribution in [0.3, 0.4) is 0 Å². The Morgan fingerprint density at radius 1 is 0.731 bits per heavy atom. The number of aryl methyl sites for hydroxylation is 1. The van der Waals surface area contributed by atoms with Crippen molar-refractivity contribution in [1.82, 2.24) is 5.32 Å². The summed E-state index contributed by atoms with van der Waals surface area (Å²) in [5, 5.41) is 3.13. The van der Waals surface area contributed by atoms with Crippen molar-refractivity contribution < 1.29 is 76.7 Å².